The molecule has 5 heteroatoms. The molecule has 0 amide bonds. The Morgan fingerprint density at radius 3 is 2.69 bits per heavy atom. The fourth-order valence-electron chi connectivity index (χ4n) is 2.39. The molecular formula is C11H24N4O. The average Bonchev–Trinajstić information content (AvgIpc) is 2.82. The van der Waals surface area contributed by atoms with E-state index in [4.69, 9.17) is 10.5 Å². The van der Waals surface area contributed by atoms with Gasteiger partial charge in [0.2, 0.25) is 0 Å². The first-order valence-corrected chi connectivity index (χ1v) is 6.27. The van der Waals surface area contributed by atoms with E-state index < -0.39 is 0 Å². The van der Waals surface area contributed by atoms with Crippen LogP contribution < -0.4 is 11.2 Å². The molecule has 16 heavy (non-hydrogen) atoms. The molecule has 0 radical (unpaired) electrons. The highest BCUT2D eigenvalue weighted by Gasteiger charge is 2.26. The number of rotatable bonds is 4. The van der Waals surface area contributed by atoms with Crippen LogP contribution in [0.25, 0.3) is 0 Å². The van der Waals surface area contributed by atoms with Crippen molar-refractivity contribution in [3.63, 3.8) is 0 Å². The van der Waals surface area contributed by atoms with Crippen molar-refractivity contribution in [2.45, 2.75) is 12.5 Å². The van der Waals surface area contributed by atoms with Crippen LogP contribution in [-0.2, 0) is 4.74 Å². The first kappa shape index (κ1) is 12.3. The van der Waals surface area contributed by atoms with E-state index in [0.29, 0.717) is 18.5 Å². The lowest BCUT2D eigenvalue weighted by Crippen LogP contribution is -2.57. The van der Waals surface area contributed by atoms with Crippen LogP contribution >= 0.6 is 0 Å². The molecule has 3 N–H and O–H groups in total. The van der Waals surface area contributed by atoms with E-state index in [9.17, 15) is 0 Å². The lowest BCUT2D eigenvalue weighted by molar-refractivity contribution is 0.0715. The average molecular weight is 228 g/mol. The third-order valence-corrected chi connectivity index (χ3v) is 3.64. The summed E-state index contributed by atoms with van der Waals surface area (Å²) in [6.45, 7) is 6.88. The maximum atomic E-state index is 5.84. The van der Waals surface area contributed by atoms with Crippen molar-refractivity contribution in [1.82, 2.24) is 15.3 Å². The minimum Gasteiger partial charge on any atom is -0.381 e. The summed E-state index contributed by atoms with van der Waals surface area (Å²) in [5, 5.41) is 2.32. The number of nitrogens with one attached hydrogen (secondary N) is 1. The van der Waals surface area contributed by atoms with Crippen molar-refractivity contribution >= 4 is 0 Å². The Bertz CT molecular complexity index is 200. The van der Waals surface area contributed by atoms with Gasteiger partial charge in [0.25, 0.3) is 0 Å². The van der Waals surface area contributed by atoms with Gasteiger partial charge < -0.3 is 15.4 Å². The molecule has 2 unspecified atom stereocenters. The van der Waals surface area contributed by atoms with E-state index in [0.717, 1.165) is 45.8 Å². The lowest BCUT2D eigenvalue weighted by atomic mass is 10.00. The van der Waals surface area contributed by atoms with E-state index in [1.165, 1.54) is 0 Å². The van der Waals surface area contributed by atoms with Gasteiger partial charge in [-0.3, -0.25) is 5.43 Å². The SMILES string of the molecule is CN1CCN(NC(CN)C2CCOC2)CC1. The molecule has 2 aliphatic rings. The van der Waals surface area contributed by atoms with Crippen LogP contribution in [0.4, 0.5) is 0 Å². The smallest absolute Gasteiger partial charge is 0.0511 e. The maximum absolute atomic E-state index is 5.84. The normalized spacial score (nSPS) is 30.8. The molecule has 0 aliphatic carbocycles. The molecule has 2 saturated heterocycles. The Morgan fingerprint density at radius 1 is 1.38 bits per heavy atom. The number of hydrogen-bond acceptors (Lipinski definition) is 5. The first-order valence-electron chi connectivity index (χ1n) is 6.27. The third-order valence-electron chi connectivity index (χ3n) is 3.64. The quantitative estimate of drug-likeness (QED) is 0.653. The van der Waals surface area contributed by atoms with Gasteiger partial charge in [0, 0.05) is 51.3 Å². The number of nitrogens with two attached hydrogens (primary N) is 1. The molecule has 0 aromatic heterocycles. The largest absolute Gasteiger partial charge is 0.381 e. The van der Waals surface area contributed by atoms with Gasteiger partial charge in [-0.2, -0.15) is 0 Å². The molecule has 0 spiro atoms. The second-order valence-electron chi connectivity index (χ2n) is 4.89. The van der Waals surface area contributed by atoms with Crippen molar-refractivity contribution in [2.75, 3.05) is 53.0 Å². The van der Waals surface area contributed by atoms with E-state index in [2.05, 4.69) is 22.4 Å². The molecule has 2 atom stereocenters. The first-order chi connectivity index (χ1) is 7.79. The molecule has 2 heterocycles. The molecule has 0 saturated carbocycles. The molecular weight excluding hydrogens is 204 g/mol. The summed E-state index contributed by atoms with van der Waals surface area (Å²) in [5.74, 6) is 0.588. The van der Waals surface area contributed by atoms with E-state index in [1.54, 1.807) is 0 Å². The van der Waals surface area contributed by atoms with Crippen LogP contribution in [0, 0.1) is 5.92 Å². The van der Waals surface area contributed by atoms with Crippen molar-refractivity contribution in [1.29, 1.82) is 0 Å². The van der Waals surface area contributed by atoms with E-state index in [1.807, 2.05) is 0 Å². The second-order valence-corrected chi connectivity index (χ2v) is 4.89. The highest BCUT2D eigenvalue weighted by Crippen LogP contribution is 2.16. The molecule has 5 nitrogen and oxygen atoms in total. The van der Waals surface area contributed by atoms with Crippen LogP contribution in [0.5, 0.6) is 0 Å². The summed E-state index contributed by atoms with van der Waals surface area (Å²) in [6.07, 6.45) is 1.14. The summed E-state index contributed by atoms with van der Waals surface area (Å²) < 4.78 is 5.42. The molecule has 0 aromatic rings. The fourth-order valence-corrected chi connectivity index (χ4v) is 2.39. The number of nitrogens with zero attached hydrogens (tertiary/aromatic N) is 2. The predicted octanol–water partition coefficient (Wildman–Crippen LogP) is -0.898. The van der Waals surface area contributed by atoms with Crippen molar-refractivity contribution in [3.8, 4) is 0 Å². The molecule has 94 valence electrons. The lowest BCUT2D eigenvalue weighted by Gasteiger charge is -2.36. The number of hydrazine groups is 1. The monoisotopic (exact) mass is 228 g/mol. The Labute approximate surface area is 97.9 Å². The molecule has 2 fully saturated rings. The van der Waals surface area contributed by atoms with Crippen molar-refractivity contribution < 1.29 is 4.74 Å². The molecule has 0 bridgehead atoms. The van der Waals surface area contributed by atoms with Gasteiger partial charge in [-0.25, -0.2) is 5.01 Å². The van der Waals surface area contributed by atoms with Gasteiger partial charge in [-0.05, 0) is 13.5 Å². The van der Waals surface area contributed by atoms with Gasteiger partial charge >= 0.3 is 0 Å². The molecule has 2 rings (SSSR count). The van der Waals surface area contributed by atoms with Crippen molar-refractivity contribution in [3.05, 3.63) is 0 Å². The second kappa shape index (κ2) is 5.93. The Balaban J connectivity index is 1.77. The summed E-state index contributed by atoms with van der Waals surface area (Å²) in [7, 11) is 2.17. The zero-order chi connectivity index (χ0) is 11.4. The molecule has 2 aliphatic heterocycles. The Hall–Kier alpha value is -0.200. The molecule has 0 aromatic carbocycles. The maximum Gasteiger partial charge on any atom is 0.0511 e. The number of piperazine rings is 1. The van der Waals surface area contributed by atoms with E-state index in [-0.39, 0.29) is 0 Å². The van der Waals surface area contributed by atoms with Crippen LogP contribution in [0.15, 0.2) is 0 Å². The summed E-state index contributed by atoms with van der Waals surface area (Å²) >= 11 is 0. The third kappa shape index (κ3) is 3.15. The number of ether oxygens (including phenoxy) is 1. The summed E-state index contributed by atoms with van der Waals surface area (Å²) in [5.41, 5.74) is 9.41. The van der Waals surface area contributed by atoms with Crippen LogP contribution in [0.1, 0.15) is 6.42 Å². The van der Waals surface area contributed by atoms with Gasteiger partial charge in [-0.1, -0.05) is 0 Å². The van der Waals surface area contributed by atoms with Crippen LogP contribution in [-0.4, -0.2) is 68.9 Å². The van der Waals surface area contributed by atoms with Gasteiger partial charge in [0.1, 0.15) is 0 Å². The Morgan fingerprint density at radius 2 is 2.12 bits per heavy atom. The zero-order valence-corrected chi connectivity index (χ0v) is 10.2. The summed E-state index contributed by atoms with van der Waals surface area (Å²) in [4.78, 5) is 2.36. The topological polar surface area (TPSA) is 53.8 Å². The van der Waals surface area contributed by atoms with Gasteiger partial charge in [0.15, 0.2) is 0 Å². The van der Waals surface area contributed by atoms with Crippen LogP contribution in [0.2, 0.25) is 0 Å². The minimum atomic E-state index is 0.380. The van der Waals surface area contributed by atoms with Crippen molar-refractivity contribution in [2.24, 2.45) is 11.7 Å². The van der Waals surface area contributed by atoms with Gasteiger partial charge in [-0.15, -0.1) is 0 Å². The fraction of sp³-hybridized carbons (Fsp3) is 1.00. The van der Waals surface area contributed by atoms with E-state index >= 15 is 0 Å². The standard InChI is InChI=1S/C11H24N4O/c1-14-3-5-15(6-4-14)13-11(8-12)10-2-7-16-9-10/h10-11,13H,2-9,12H2,1H3. The number of likely N-dealkylation sites (N-methyl/N-ethyl adjacent to an activating group) is 1. The predicted molar refractivity (Wildman–Crippen MR) is 64.0 cm³/mol. The minimum absolute atomic E-state index is 0.380. The number of hydrogen-bond donors (Lipinski definition) is 2. The highest BCUT2D eigenvalue weighted by atomic mass is 16.5. The van der Waals surface area contributed by atoms with Gasteiger partial charge in [0.05, 0.1) is 6.61 Å². The summed E-state index contributed by atoms with van der Waals surface area (Å²) in [6, 6.07) is 0.380. The Kier molecular flexibility index (Phi) is 4.55. The zero-order valence-electron chi connectivity index (χ0n) is 10.2. The van der Waals surface area contributed by atoms with Crippen LogP contribution in [0.3, 0.4) is 0 Å². The highest BCUT2D eigenvalue weighted by molar-refractivity contribution is 4.80.